The molecule has 0 spiro atoms. The van der Waals surface area contributed by atoms with Crippen LogP contribution in [0.5, 0.6) is 0 Å². The van der Waals surface area contributed by atoms with Crippen molar-refractivity contribution < 1.29 is 4.79 Å². The van der Waals surface area contributed by atoms with Crippen molar-refractivity contribution in [2.45, 2.75) is 26.7 Å². The third-order valence-corrected chi connectivity index (χ3v) is 3.60. The quantitative estimate of drug-likeness (QED) is 0.850. The second kappa shape index (κ2) is 8.17. The maximum absolute atomic E-state index is 12.0. The molecule has 0 unspecified atom stereocenters. The Morgan fingerprint density at radius 2 is 1.82 bits per heavy atom. The van der Waals surface area contributed by atoms with Gasteiger partial charge < -0.3 is 10.2 Å². The Bertz CT molecular complexity index is 577. The largest absolute Gasteiger partial charge is 0.357 e. The van der Waals surface area contributed by atoms with E-state index in [1.807, 2.05) is 42.5 Å². The van der Waals surface area contributed by atoms with Crippen LogP contribution in [0.2, 0.25) is 0 Å². The van der Waals surface area contributed by atoms with Crippen LogP contribution < -0.4 is 10.2 Å². The Kier molecular flexibility index (Phi) is 5.95. The van der Waals surface area contributed by atoms with Gasteiger partial charge in [0.15, 0.2) is 0 Å². The SMILES string of the molecule is CCN(CC)c1ccc(NC(=O)CCc2ccccc2)cn1. The van der Waals surface area contributed by atoms with E-state index in [2.05, 4.69) is 29.0 Å². The van der Waals surface area contributed by atoms with Gasteiger partial charge in [0, 0.05) is 19.5 Å². The lowest BCUT2D eigenvalue weighted by Crippen LogP contribution is -2.22. The number of nitrogens with one attached hydrogen (secondary N) is 1. The van der Waals surface area contributed by atoms with Crippen molar-refractivity contribution in [3.63, 3.8) is 0 Å². The van der Waals surface area contributed by atoms with Crippen LogP contribution in [0, 0.1) is 0 Å². The van der Waals surface area contributed by atoms with E-state index in [-0.39, 0.29) is 5.91 Å². The zero-order valence-electron chi connectivity index (χ0n) is 13.2. The number of aryl methyl sites for hydroxylation is 1. The molecular weight excluding hydrogens is 274 g/mol. The molecule has 2 rings (SSSR count). The summed E-state index contributed by atoms with van der Waals surface area (Å²) in [6, 6.07) is 13.9. The molecule has 1 N–H and O–H groups in total. The maximum Gasteiger partial charge on any atom is 0.224 e. The van der Waals surface area contributed by atoms with Crippen molar-refractivity contribution in [1.29, 1.82) is 0 Å². The van der Waals surface area contributed by atoms with E-state index in [0.29, 0.717) is 6.42 Å². The molecule has 4 heteroatoms. The molecule has 0 aliphatic rings. The minimum absolute atomic E-state index is 0.0150. The number of hydrogen-bond donors (Lipinski definition) is 1. The summed E-state index contributed by atoms with van der Waals surface area (Å²) in [5.41, 5.74) is 1.92. The summed E-state index contributed by atoms with van der Waals surface area (Å²) in [5, 5.41) is 2.89. The van der Waals surface area contributed by atoms with E-state index in [1.54, 1.807) is 6.20 Å². The number of aromatic nitrogens is 1. The van der Waals surface area contributed by atoms with Crippen molar-refractivity contribution in [2.75, 3.05) is 23.3 Å². The number of carbonyl (C=O) groups excluding carboxylic acids is 1. The first-order valence-electron chi connectivity index (χ1n) is 7.77. The molecule has 0 atom stereocenters. The lowest BCUT2D eigenvalue weighted by Gasteiger charge is -2.19. The lowest BCUT2D eigenvalue weighted by atomic mass is 10.1. The Balaban J connectivity index is 1.86. The second-order valence-electron chi connectivity index (χ2n) is 5.11. The van der Waals surface area contributed by atoms with Crippen molar-refractivity contribution in [3.05, 3.63) is 54.2 Å². The van der Waals surface area contributed by atoms with Gasteiger partial charge in [0.25, 0.3) is 0 Å². The third kappa shape index (κ3) is 4.58. The fourth-order valence-corrected chi connectivity index (χ4v) is 2.32. The zero-order valence-corrected chi connectivity index (χ0v) is 13.2. The molecule has 1 aromatic carbocycles. The van der Waals surface area contributed by atoms with Crippen LogP contribution in [0.3, 0.4) is 0 Å². The standard InChI is InChI=1S/C18H23N3O/c1-3-21(4-2)17-12-11-16(14-19-17)20-18(22)13-10-15-8-6-5-7-9-15/h5-9,11-12,14H,3-4,10,13H2,1-2H3,(H,20,22). The van der Waals surface area contributed by atoms with Crippen LogP contribution in [-0.2, 0) is 11.2 Å². The molecule has 0 saturated carbocycles. The molecule has 0 saturated heterocycles. The molecule has 1 heterocycles. The van der Waals surface area contributed by atoms with Crippen molar-refractivity contribution in [2.24, 2.45) is 0 Å². The first-order chi connectivity index (χ1) is 10.7. The van der Waals surface area contributed by atoms with Gasteiger partial charge in [-0.05, 0) is 38.0 Å². The monoisotopic (exact) mass is 297 g/mol. The molecule has 116 valence electrons. The highest BCUT2D eigenvalue weighted by atomic mass is 16.1. The highest BCUT2D eigenvalue weighted by Gasteiger charge is 2.06. The number of carbonyl (C=O) groups is 1. The summed E-state index contributed by atoms with van der Waals surface area (Å²) in [4.78, 5) is 18.5. The highest BCUT2D eigenvalue weighted by molar-refractivity contribution is 5.90. The number of anilines is 2. The summed E-state index contributed by atoms with van der Waals surface area (Å²) in [6.07, 6.45) is 2.94. The van der Waals surface area contributed by atoms with Crippen LogP contribution in [0.4, 0.5) is 11.5 Å². The minimum atomic E-state index is 0.0150. The third-order valence-electron chi connectivity index (χ3n) is 3.60. The Morgan fingerprint density at radius 1 is 1.09 bits per heavy atom. The molecule has 0 fully saturated rings. The fraction of sp³-hybridized carbons (Fsp3) is 0.333. The topological polar surface area (TPSA) is 45.2 Å². The normalized spacial score (nSPS) is 10.3. The second-order valence-corrected chi connectivity index (χ2v) is 5.11. The van der Waals surface area contributed by atoms with E-state index < -0.39 is 0 Å². The van der Waals surface area contributed by atoms with Crippen LogP contribution in [0.1, 0.15) is 25.8 Å². The van der Waals surface area contributed by atoms with Crippen molar-refractivity contribution in [3.8, 4) is 0 Å². The van der Waals surface area contributed by atoms with Gasteiger partial charge in [-0.3, -0.25) is 4.79 Å². The average Bonchev–Trinajstić information content (AvgIpc) is 2.56. The molecular formula is C18H23N3O. The van der Waals surface area contributed by atoms with Crippen LogP contribution in [0.15, 0.2) is 48.7 Å². The molecule has 0 aliphatic carbocycles. The van der Waals surface area contributed by atoms with Crippen molar-refractivity contribution in [1.82, 2.24) is 4.98 Å². The maximum atomic E-state index is 12.0. The summed E-state index contributed by atoms with van der Waals surface area (Å²) in [6.45, 7) is 6.05. The molecule has 2 aromatic rings. The van der Waals surface area contributed by atoms with E-state index in [9.17, 15) is 4.79 Å². The molecule has 22 heavy (non-hydrogen) atoms. The van der Waals surface area contributed by atoms with Gasteiger partial charge in [-0.1, -0.05) is 30.3 Å². The predicted octanol–water partition coefficient (Wildman–Crippen LogP) is 3.50. The van der Waals surface area contributed by atoms with Crippen LogP contribution in [0.25, 0.3) is 0 Å². The molecule has 0 bridgehead atoms. The van der Waals surface area contributed by atoms with Gasteiger partial charge in [0.1, 0.15) is 5.82 Å². The molecule has 1 aromatic heterocycles. The average molecular weight is 297 g/mol. The number of pyridine rings is 1. The fourth-order valence-electron chi connectivity index (χ4n) is 2.32. The van der Waals surface area contributed by atoms with Gasteiger partial charge in [-0.15, -0.1) is 0 Å². The Labute approximate surface area is 132 Å². The van der Waals surface area contributed by atoms with E-state index in [4.69, 9.17) is 0 Å². The highest BCUT2D eigenvalue weighted by Crippen LogP contribution is 2.14. The number of amides is 1. The van der Waals surface area contributed by atoms with Gasteiger partial charge in [-0.2, -0.15) is 0 Å². The number of nitrogens with zero attached hydrogens (tertiary/aromatic N) is 2. The van der Waals surface area contributed by atoms with Gasteiger partial charge in [0.2, 0.25) is 5.91 Å². The molecule has 1 amide bonds. The summed E-state index contributed by atoms with van der Waals surface area (Å²) in [5.74, 6) is 0.952. The van der Waals surface area contributed by atoms with Crippen LogP contribution >= 0.6 is 0 Å². The van der Waals surface area contributed by atoms with Crippen LogP contribution in [-0.4, -0.2) is 24.0 Å². The first kappa shape index (κ1) is 16.0. The predicted molar refractivity (Wildman–Crippen MR) is 91.2 cm³/mol. The smallest absolute Gasteiger partial charge is 0.224 e. The lowest BCUT2D eigenvalue weighted by molar-refractivity contribution is -0.116. The zero-order chi connectivity index (χ0) is 15.8. The molecule has 0 aliphatic heterocycles. The van der Waals surface area contributed by atoms with E-state index >= 15 is 0 Å². The first-order valence-corrected chi connectivity index (χ1v) is 7.77. The van der Waals surface area contributed by atoms with Gasteiger partial charge in [-0.25, -0.2) is 4.98 Å². The summed E-state index contributed by atoms with van der Waals surface area (Å²) < 4.78 is 0. The molecule has 0 radical (unpaired) electrons. The van der Waals surface area contributed by atoms with E-state index in [0.717, 1.165) is 31.0 Å². The van der Waals surface area contributed by atoms with Gasteiger partial charge in [0.05, 0.1) is 11.9 Å². The van der Waals surface area contributed by atoms with Gasteiger partial charge >= 0.3 is 0 Å². The van der Waals surface area contributed by atoms with E-state index in [1.165, 1.54) is 5.56 Å². The summed E-state index contributed by atoms with van der Waals surface area (Å²) in [7, 11) is 0. The minimum Gasteiger partial charge on any atom is -0.357 e. The number of hydrogen-bond acceptors (Lipinski definition) is 3. The number of rotatable bonds is 7. The summed E-state index contributed by atoms with van der Waals surface area (Å²) >= 11 is 0. The Hall–Kier alpha value is -2.36. The Morgan fingerprint density at radius 3 is 2.41 bits per heavy atom. The number of benzene rings is 1. The van der Waals surface area contributed by atoms with Crippen molar-refractivity contribution >= 4 is 17.4 Å². The molecule has 4 nitrogen and oxygen atoms in total.